The fourth-order valence-electron chi connectivity index (χ4n) is 5.16. The highest BCUT2D eigenvalue weighted by Crippen LogP contribution is 2.33. The SMILES string of the molecule is CN1[C@@H]2CCC[C@H]1CC(NC(=O)c1nn(C)c3ccccc13)C2.Cl.NC(N)=N/N=C/c1c(Cl)cccc1Cl. The molecular weight excluding hydrogens is 547 g/mol. The number of hydrogen-bond acceptors (Lipinski definition) is 5. The second-order valence-electron chi connectivity index (χ2n) is 9.44. The Morgan fingerprint density at radius 3 is 2.32 bits per heavy atom. The summed E-state index contributed by atoms with van der Waals surface area (Å²) in [5.41, 5.74) is 12.3. The number of piperidine rings is 2. The molecule has 1 amide bonds. The first-order chi connectivity index (χ1) is 17.7. The van der Waals surface area contributed by atoms with Gasteiger partial charge < -0.3 is 21.7 Å². The molecule has 0 radical (unpaired) electrons. The number of fused-ring (bicyclic) bond motifs is 3. The number of halogens is 3. The van der Waals surface area contributed by atoms with Crippen molar-refractivity contribution in [2.75, 3.05) is 7.05 Å². The van der Waals surface area contributed by atoms with Crippen LogP contribution in [0.2, 0.25) is 10.0 Å². The highest BCUT2D eigenvalue weighted by Gasteiger charge is 2.36. The van der Waals surface area contributed by atoms with Crippen molar-refractivity contribution in [2.45, 2.75) is 50.2 Å². The molecule has 3 atom stereocenters. The fraction of sp³-hybridized carbons (Fsp3) is 0.385. The van der Waals surface area contributed by atoms with E-state index >= 15 is 0 Å². The lowest BCUT2D eigenvalue weighted by Crippen LogP contribution is -2.55. The van der Waals surface area contributed by atoms with Gasteiger partial charge in [0.2, 0.25) is 5.96 Å². The molecule has 0 saturated carbocycles. The second kappa shape index (κ2) is 13.3. The summed E-state index contributed by atoms with van der Waals surface area (Å²) in [6.07, 6.45) is 7.35. The number of aromatic nitrogens is 2. The van der Waals surface area contributed by atoms with Crippen molar-refractivity contribution in [3.63, 3.8) is 0 Å². The Kier molecular flexibility index (Phi) is 10.4. The summed E-state index contributed by atoms with van der Waals surface area (Å²) in [5, 5.41) is 16.6. The molecule has 5 N–H and O–H groups in total. The zero-order chi connectivity index (χ0) is 26.5. The summed E-state index contributed by atoms with van der Waals surface area (Å²) in [6, 6.07) is 14.6. The van der Waals surface area contributed by atoms with Gasteiger partial charge in [-0.15, -0.1) is 17.5 Å². The van der Waals surface area contributed by atoms with Gasteiger partial charge in [-0.2, -0.15) is 10.2 Å². The number of rotatable bonds is 4. The van der Waals surface area contributed by atoms with Crippen molar-refractivity contribution in [2.24, 2.45) is 28.7 Å². The first-order valence-electron chi connectivity index (χ1n) is 12.2. The molecule has 3 heterocycles. The van der Waals surface area contributed by atoms with Crippen LogP contribution in [0.1, 0.15) is 48.2 Å². The van der Waals surface area contributed by atoms with Crippen molar-refractivity contribution in [3.8, 4) is 0 Å². The number of amides is 1. The van der Waals surface area contributed by atoms with Gasteiger partial charge in [-0.3, -0.25) is 9.48 Å². The average Bonchev–Trinajstić information content (AvgIpc) is 3.19. The molecule has 38 heavy (non-hydrogen) atoms. The van der Waals surface area contributed by atoms with Crippen LogP contribution >= 0.6 is 35.6 Å². The van der Waals surface area contributed by atoms with Crippen LogP contribution in [0.5, 0.6) is 0 Å². The van der Waals surface area contributed by atoms with E-state index in [1.807, 2.05) is 31.3 Å². The Bertz CT molecular complexity index is 1290. The maximum Gasteiger partial charge on any atom is 0.272 e. The summed E-state index contributed by atoms with van der Waals surface area (Å²) >= 11 is 11.7. The van der Waals surface area contributed by atoms with Crippen LogP contribution < -0.4 is 16.8 Å². The Hall–Kier alpha value is -2.85. The molecule has 2 fully saturated rings. The highest BCUT2D eigenvalue weighted by molar-refractivity contribution is 6.38. The number of para-hydroxylation sites is 1. The van der Waals surface area contributed by atoms with Crippen LogP contribution in [0.15, 0.2) is 52.7 Å². The van der Waals surface area contributed by atoms with E-state index in [0.29, 0.717) is 33.4 Å². The monoisotopic (exact) mass is 578 g/mol. The Morgan fingerprint density at radius 2 is 1.68 bits per heavy atom. The minimum absolute atomic E-state index is 0. The number of carbonyl (C=O) groups is 1. The molecule has 2 aliphatic rings. The Morgan fingerprint density at radius 1 is 1.05 bits per heavy atom. The summed E-state index contributed by atoms with van der Waals surface area (Å²) in [5.74, 6) is -0.154. The first kappa shape index (κ1) is 29.7. The Labute approximate surface area is 238 Å². The molecule has 9 nitrogen and oxygen atoms in total. The number of hydrogen-bond donors (Lipinski definition) is 3. The van der Waals surface area contributed by atoms with Crippen LogP contribution in [-0.2, 0) is 7.05 Å². The molecule has 1 aromatic heterocycles. The number of nitrogens with one attached hydrogen (secondary N) is 1. The number of guanidine groups is 1. The predicted octanol–water partition coefficient (Wildman–Crippen LogP) is 4.34. The van der Waals surface area contributed by atoms with E-state index in [4.69, 9.17) is 34.7 Å². The Balaban J connectivity index is 0.000000232. The smallest absolute Gasteiger partial charge is 0.272 e. The number of carbonyl (C=O) groups excluding carboxylic acids is 1. The largest absolute Gasteiger partial charge is 0.369 e. The molecule has 0 spiro atoms. The molecule has 1 unspecified atom stereocenters. The maximum atomic E-state index is 12.7. The molecule has 0 aliphatic carbocycles. The van der Waals surface area contributed by atoms with Crippen molar-refractivity contribution < 1.29 is 4.79 Å². The lowest BCUT2D eigenvalue weighted by molar-refractivity contribution is 0.0462. The molecule has 204 valence electrons. The van der Waals surface area contributed by atoms with E-state index in [-0.39, 0.29) is 30.3 Å². The number of aryl methyl sites for hydroxylation is 1. The van der Waals surface area contributed by atoms with Gasteiger partial charge in [-0.25, -0.2) is 0 Å². The predicted molar refractivity (Wildman–Crippen MR) is 158 cm³/mol. The lowest BCUT2D eigenvalue weighted by Gasteiger charge is -2.47. The zero-order valence-corrected chi connectivity index (χ0v) is 23.7. The minimum Gasteiger partial charge on any atom is -0.369 e. The van der Waals surface area contributed by atoms with Gasteiger partial charge in [0.1, 0.15) is 0 Å². The molecule has 2 saturated heterocycles. The van der Waals surface area contributed by atoms with E-state index in [2.05, 4.69) is 32.6 Å². The molecule has 2 bridgehead atoms. The van der Waals surface area contributed by atoms with Gasteiger partial charge in [0.15, 0.2) is 5.69 Å². The second-order valence-corrected chi connectivity index (χ2v) is 10.3. The molecule has 2 aromatic carbocycles. The van der Waals surface area contributed by atoms with Gasteiger partial charge in [-0.1, -0.05) is 53.9 Å². The standard InChI is InChI=1S/C18H24N4O.C8H8Cl2N4.ClH/c1-21-13-6-5-7-14(21)11-12(10-13)19-18(23)17-15-8-3-4-9-16(15)22(2)20-17;9-6-2-1-3-7(10)5(6)4-13-14-8(11)12;/h3-4,8-9,12-14H,5-7,10-11H2,1-2H3,(H,19,23);1-4H,(H4,11,12,14);1H/b;13-4+;/t12?,13-,14+;;. The maximum absolute atomic E-state index is 12.7. The average molecular weight is 580 g/mol. The third-order valence-electron chi connectivity index (χ3n) is 7.01. The topological polar surface area (TPSA) is 127 Å². The summed E-state index contributed by atoms with van der Waals surface area (Å²) in [4.78, 5) is 15.3. The number of nitrogens with two attached hydrogens (primary N) is 2. The molecule has 5 rings (SSSR count). The molecule has 12 heteroatoms. The van der Waals surface area contributed by atoms with E-state index in [0.717, 1.165) is 23.7 Å². The minimum atomic E-state index is -0.121. The van der Waals surface area contributed by atoms with Crippen molar-refractivity contribution in [3.05, 3.63) is 63.8 Å². The van der Waals surface area contributed by atoms with Gasteiger partial charge in [0, 0.05) is 36.1 Å². The quantitative estimate of drug-likeness (QED) is 0.241. The van der Waals surface area contributed by atoms with Crippen molar-refractivity contribution >= 4 is 64.6 Å². The summed E-state index contributed by atoms with van der Waals surface area (Å²) < 4.78 is 1.79. The first-order valence-corrected chi connectivity index (χ1v) is 13.0. The van der Waals surface area contributed by atoms with Crippen molar-refractivity contribution in [1.82, 2.24) is 20.0 Å². The zero-order valence-electron chi connectivity index (χ0n) is 21.3. The molecular formula is C26H33Cl3N8O. The van der Waals surface area contributed by atoms with Gasteiger partial charge in [0.05, 0.1) is 21.8 Å². The highest BCUT2D eigenvalue weighted by atomic mass is 35.5. The van der Waals surface area contributed by atoms with E-state index in [1.54, 1.807) is 22.9 Å². The summed E-state index contributed by atoms with van der Waals surface area (Å²) in [7, 11) is 4.12. The molecule has 3 aromatic rings. The fourth-order valence-corrected chi connectivity index (χ4v) is 5.65. The number of nitrogens with zero attached hydrogens (tertiary/aromatic N) is 5. The van der Waals surface area contributed by atoms with E-state index in [9.17, 15) is 4.79 Å². The molecule has 2 aliphatic heterocycles. The van der Waals surface area contributed by atoms with Crippen LogP contribution in [0.3, 0.4) is 0 Å². The van der Waals surface area contributed by atoms with Crippen LogP contribution in [0.25, 0.3) is 10.9 Å². The van der Waals surface area contributed by atoms with Gasteiger partial charge >= 0.3 is 0 Å². The van der Waals surface area contributed by atoms with E-state index in [1.165, 1.54) is 25.5 Å². The number of benzene rings is 2. The van der Waals surface area contributed by atoms with Gasteiger partial charge in [-0.05, 0) is 50.9 Å². The summed E-state index contributed by atoms with van der Waals surface area (Å²) in [6.45, 7) is 0. The van der Waals surface area contributed by atoms with Crippen molar-refractivity contribution in [1.29, 1.82) is 0 Å². The lowest BCUT2D eigenvalue weighted by atomic mass is 9.82. The van der Waals surface area contributed by atoms with Gasteiger partial charge in [0.25, 0.3) is 5.91 Å². The van der Waals surface area contributed by atoms with Crippen LogP contribution in [-0.4, -0.2) is 57.9 Å². The third kappa shape index (κ3) is 6.96. The van der Waals surface area contributed by atoms with E-state index < -0.39 is 0 Å². The normalized spacial score (nSPS) is 20.8. The van der Waals surface area contributed by atoms with Crippen LogP contribution in [0.4, 0.5) is 0 Å². The van der Waals surface area contributed by atoms with Crippen LogP contribution in [0, 0.1) is 0 Å². The third-order valence-corrected chi connectivity index (χ3v) is 7.67.